The summed E-state index contributed by atoms with van der Waals surface area (Å²) < 4.78 is 11.3. The Bertz CT molecular complexity index is 942. The highest BCUT2D eigenvalue weighted by molar-refractivity contribution is 6.04. The van der Waals surface area contributed by atoms with Crippen LogP contribution in [0.15, 0.2) is 67.0 Å². The summed E-state index contributed by atoms with van der Waals surface area (Å²) in [5.41, 5.74) is 1.97. The van der Waals surface area contributed by atoms with Crippen molar-refractivity contribution in [2.45, 2.75) is 18.9 Å². The molecule has 2 N–H and O–H groups in total. The summed E-state index contributed by atoms with van der Waals surface area (Å²) in [6, 6.07) is 16.2. The zero-order valence-electron chi connectivity index (χ0n) is 15.9. The number of hydrogen-bond acceptors (Lipinski definition) is 6. The van der Waals surface area contributed by atoms with Gasteiger partial charge in [-0.25, -0.2) is 9.97 Å². The van der Waals surface area contributed by atoms with Crippen LogP contribution in [0.5, 0.6) is 5.75 Å². The Morgan fingerprint density at radius 3 is 2.66 bits per heavy atom. The third-order valence-electron chi connectivity index (χ3n) is 4.52. The van der Waals surface area contributed by atoms with Gasteiger partial charge in [0.05, 0.1) is 6.10 Å². The van der Waals surface area contributed by atoms with Crippen molar-refractivity contribution < 1.29 is 14.3 Å². The molecule has 1 aliphatic rings. The molecule has 4 rings (SSSR count). The van der Waals surface area contributed by atoms with Crippen LogP contribution in [0.2, 0.25) is 0 Å². The van der Waals surface area contributed by atoms with Gasteiger partial charge in [0.2, 0.25) is 5.95 Å². The fraction of sp³-hybridized carbons (Fsp3) is 0.227. The van der Waals surface area contributed by atoms with Gasteiger partial charge in [0.25, 0.3) is 5.91 Å². The molecule has 29 heavy (non-hydrogen) atoms. The van der Waals surface area contributed by atoms with E-state index in [0.717, 1.165) is 30.9 Å². The molecule has 1 atom stereocenters. The van der Waals surface area contributed by atoms with E-state index in [1.807, 2.05) is 36.4 Å². The quantitative estimate of drug-likeness (QED) is 0.634. The average Bonchev–Trinajstić information content (AvgIpc) is 3.28. The van der Waals surface area contributed by atoms with E-state index in [4.69, 9.17) is 9.47 Å². The van der Waals surface area contributed by atoms with Gasteiger partial charge in [0.15, 0.2) is 0 Å². The predicted octanol–water partition coefficient (Wildman–Crippen LogP) is 4.03. The molecule has 0 unspecified atom stereocenters. The first-order valence-electron chi connectivity index (χ1n) is 9.56. The maximum Gasteiger partial charge on any atom is 0.255 e. The van der Waals surface area contributed by atoms with E-state index in [0.29, 0.717) is 23.8 Å². The summed E-state index contributed by atoms with van der Waals surface area (Å²) >= 11 is 0. The maximum atomic E-state index is 12.6. The zero-order chi connectivity index (χ0) is 19.9. The largest absolute Gasteiger partial charge is 0.491 e. The molecule has 0 saturated carbocycles. The number of nitrogens with zero attached hydrogens (tertiary/aromatic N) is 2. The Kier molecular flexibility index (Phi) is 5.97. The standard InChI is InChI=1S/C22H22N4O3/c27-21(16-4-1-5-18(14-16)26-22-23-11-3-12-24-22)25-17-7-9-19(10-8-17)29-15-20-6-2-13-28-20/h1,3-5,7-12,14,20H,2,6,13,15H2,(H,25,27)(H,23,24,26)/t20-/m0/s1. The van der Waals surface area contributed by atoms with Crippen LogP contribution in [0.1, 0.15) is 23.2 Å². The molecule has 0 spiro atoms. The molecule has 1 saturated heterocycles. The van der Waals surface area contributed by atoms with Gasteiger partial charge >= 0.3 is 0 Å². The molecular formula is C22H22N4O3. The van der Waals surface area contributed by atoms with Crippen LogP contribution >= 0.6 is 0 Å². The molecule has 1 aliphatic heterocycles. The van der Waals surface area contributed by atoms with Crippen LogP contribution in [0, 0.1) is 0 Å². The lowest BCUT2D eigenvalue weighted by Gasteiger charge is -2.12. The Morgan fingerprint density at radius 1 is 1.07 bits per heavy atom. The number of rotatable bonds is 7. The number of hydrogen-bond donors (Lipinski definition) is 2. The molecule has 1 amide bonds. The highest BCUT2D eigenvalue weighted by Gasteiger charge is 2.16. The molecular weight excluding hydrogens is 368 g/mol. The van der Waals surface area contributed by atoms with Crippen molar-refractivity contribution in [3.05, 3.63) is 72.6 Å². The summed E-state index contributed by atoms with van der Waals surface area (Å²) in [6.07, 6.45) is 5.61. The normalized spacial score (nSPS) is 15.7. The molecule has 1 aromatic heterocycles. The maximum absolute atomic E-state index is 12.6. The number of carbonyl (C=O) groups excluding carboxylic acids is 1. The SMILES string of the molecule is O=C(Nc1ccc(OC[C@@H]2CCCO2)cc1)c1cccc(Nc2ncccn2)c1. The van der Waals surface area contributed by atoms with Gasteiger partial charge in [-0.05, 0) is 61.4 Å². The van der Waals surface area contributed by atoms with E-state index in [2.05, 4.69) is 20.6 Å². The van der Waals surface area contributed by atoms with Crippen molar-refractivity contribution in [2.24, 2.45) is 0 Å². The highest BCUT2D eigenvalue weighted by Crippen LogP contribution is 2.20. The second-order valence-electron chi connectivity index (χ2n) is 6.70. The van der Waals surface area contributed by atoms with E-state index in [1.54, 1.807) is 30.6 Å². The first kappa shape index (κ1) is 18.9. The third kappa shape index (κ3) is 5.30. The number of carbonyl (C=O) groups is 1. The van der Waals surface area contributed by atoms with Crippen LogP contribution in [0.25, 0.3) is 0 Å². The van der Waals surface area contributed by atoms with Crippen molar-refractivity contribution in [3.8, 4) is 5.75 Å². The van der Waals surface area contributed by atoms with E-state index >= 15 is 0 Å². The number of amides is 1. The fourth-order valence-electron chi connectivity index (χ4n) is 3.03. The number of nitrogens with one attached hydrogen (secondary N) is 2. The predicted molar refractivity (Wildman–Crippen MR) is 111 cm³/mol. The first-order chi connectivity index (χ1) is 14.3. The van der Waals surface area contributed by atoms with Crippen molar-refractivity contribution in [1.29, 1.82) is 0 Å². The minimum atomic E-state index is -0.198. The topological polar surface area (TPSA) is 85.4 Å². The zero-order valence-corrected chi connectivity index (χ0v) is 15.9. The third-order valence-corrected chi connectivity index (χ3v) is 4.52. The van der Waals surface area contributed by atoms with Crippen LogP contribution in [0.3, 0.4) is 0 Å². The van der Waals surface area contributed by atoms with Crippen molar-refractivity contribution in [3.63, 3.8) is 0 Å². The molecule has 0 aliphatic carbocycles. The van der Waals surface area contributed by atoms with E-state index < -0.39 is 0 Å². The lowest BCUT2D eigenvalue weighted by Crippen LogP contribution is -2.16. The smallest absolute Gasteiger partial charge is 0.255 e. The van der Waals surface area contributed by atoms with Gasteiger partial charge < -0.3 is 20.1 Å². The fourth-order valence-corrected chi connectivity index (χ4v) is 3.03. The molecule has 1 fully saturated rings. The summed E-state index contributed by atoms with van der Waals surface area (Å²) in [7, 11) is 0. The second-order valence-corrected chi connectivity index (χ2v) is 6.70. The monoisotopic (exact) mass is 390 g/mol. The highest BCUT2D eigenvalue weighted by atomic mass is 16.5. The number of anilines is 3. The van der Waals surface area contributed by atoms with Crippen molar-refractivity contribution >= 4 is 23.2 Å². The van der Waals surface area contributed by atoms with Crippen LogP contribution in [0.4, 0.5) is 17.3 Å². The Morgan fingerprint density at radius 2 is 1.90 bits per heavy atom. The molecule has 2 heterocycles. The van der Waals surface area contributed by atoms with Gasteiger partial charge in [-0.3, -0.25) is 4.79 Å². The lowest BCUT2D eigenvalue weighted by molar-refractivity contribution is 0.0679. The summed E-state index contributed by atoms with van der Waals surface area (Å²) in [4.78, 5) is 20.8. The second kappa shape index (κ2) is 9.16. The molecule has 7 heteroatoms. The molecule has 2 aromatic carbocycles. The minimum absolute atomic E-state index is 0.177. The Balaban J connectivity index is 1.34. The van der Waals surface area contributed by atoms with Crippen LogP contribution in [-0.4, -0.2) is 35.2 Å². The van der Waals surface area contributed by atoms with E-state index in [1.165, 1.54) is 0 Å². The van der Waals surface area contributed by atoms with Crippen LogP contribution in [-0.2, 0) is 4.74 Å². The van der Waals surface area contributed by atoms with E-state index in [9.17, 15) is 4.79 Å². The van der Waals surface area contributed by atoms with Gasteiger partial charge in [0.1, 0.15) is 12.4 Å². The molecule has 0 radical (unpaired) electrons. The molecule has 148 valence electrons. The van der Waals surface area contributed by atoms with Crippen molar-refractivity contribution in [2.75, 3.05) is 23.8 Å². The van der Waals surface area contributed by atoms with Crippen molar-refractivity contribution in [1.82, 2.24) is 9.97 Å². The molecule has 3 aromatic rings. The lowest BCUT2D eigenvalue weighted by atomic mass is 10.2. The van der Waals surface area contributed by atoms with Crippen LogP contribution < -0.4 is 15.4 Å². The Labute approximate surface area is 169 Å². The number of ether oxygens (including phenoxy) is 2. The van der Waals surface area contributed by atoms with Gasteiger partial charge in [-0.2, -0.15) is 0 Å². The number of aromatic nitrogens is 2. The number of benzene rings is 2. The van der Waals surface area contributed by atoms with Gasteiger partial charge in [0, 0.05) is 35.9 Å². The average molecular weight is 390 g/mol. The summed E-state index contributed by atoms with van der Waals surface area (Å²) in [6.45, 7) is 1.37. The first-order valence-corrected chi connectivity index (χ1v) is 9.56. The minimum Gasteiger partial charge on any atom is -0.491 e. The summed E-state index contributed by atoms with van der Waals surface area (Å²) in [5, 5.41) is 5.97. The summed E-state index contributed by atoms with van der Waals surface area (Å²) in [5.74, 6) is 1.03. The van der Waals surface area contributed by atoms with Gasteiger partial charge in [-0.15, -0.1) is 0 Å². The van der Waals surface area contributed by atoms with Gasteiger partial charge in [-0.1, -0.05) is 6.07 Å². The molecule has 7 nitrogen and oxygen atoms in total. The molecule has 0 bridgehead atoms. The Hall–Kier alpha value is -3.45. The van der Waals surface area contributed by atoms with E-state index in [-0.39, 0.29) is 12.0 Å².